The third kappa shape index (κ3) is 4.53. The smallest absolute Gasteiger partial charge is 0.396 e. The Labute approximate surface area is 108 Å². The highest BCUT2D eigenvalue weighted by Gasteiger charge is 2.36. The molecule has 7 heteroatoms. The van der Waals surface area contributed by atoms with Gasteiger partial charge in [0.1, 0.15) is 0 Å². The van der Waals surface area contributed by atoms with Crippen LogP contribution in [0.3, 0.4) is 0 Å². The number of aliphatic hydroxyl groups excluding tert-OH is 1. The third-order valence-corrected chi connectivity index (χ3v) is 3.26. The molecule has 0 aliphatic rings. The number of thioether (sulfide) groups is 1. The molecule has 0 spiro atoms. The fourth-order valence-corrected chi connectivity index (χ4v) is 2.18. The molecule has 1 aromatic rings. The van der Waals surface area contributed by atoms with E-state index in [0.29, 0.717) is 13.0 Å². The Kier molecular flexibility index (Phi) is 6.01. The SMILES string of the molecule is CCSCCn1cc(CCCO)c(C(F)(F)F)n1. The standard InChI is InChI=1S/C11H17F3N2OS/c1-2-18-7-5-16-8-9(4-3-6-17)10(15-16)11(12,13)14/h8,17H,2-7H2,1H3. The average molecular weight is 282 g/mol. The van der Waals surface area contributed by atoms with Crippen LogP contribution in [0.1, 0.15) is 24.6 Å². The van der Waals surface area contributed by atoms with E-state index in [4.69, 9.17) is 5.11 Å². The maximum Gasteiger partial charge on any atom is 0.435 e. The van der Waals surface area contributed by atoms with E-state index in [1.807, 2.05) is 6.92 Å². The van der Waals surface area contributed by atoms with Crippen LogP contribution < -0.4 is 0 Å². The summed E-state index contributed by atoms with van der Waals surface area (Å²) in [6.07, 6.45) is -2.46. The summed E-state index contributed by atoms with van der Waals surface area (Å²) in [6, 6.07) is 0. The first-order valence-electron chi connectivity index (χ1n) is 5.81. The Morgan fingerprint density at radius 1 is 1.44 bits per heavy atom. The number of rotatable bonds is 7. The molecule has 0 fully saturated rings. The van der Waals surface area contributed by atoms with Crippen molar-refractivity contribution in [2.75, 3.05) is 18.1 Å². The second kappa shape index (κ2) is 7.04. The molecule has 0 amide bonds. The minimum Gasteiger partial charge on any atom is -0.396 e. The molecular formula is C11H17F3N2OS. The van der Waals surface area contributed by atoms with Crippen LogP contribution in [0.25, 0.3) is 0 Å². The summed E-state index contributed by atoms with van der Waals surface area (Å²) >= 11 is 1.66. The molecule has 0 unspecified atom stereocenters. The van der Waals surface area contributed by atoms with E-state index < -0.39 is 11.9 Å². The zero-order valence-electron chi connectivity index (χ0n) is 10.2. The minimum absolute atomic E-state index is 0.117. The molecular weight excluding hydrogens is 265 g/mol. The van der Waals surface area contributed by atoms with Gasteiger partial charge in [0.05, 0.1) is 0 Å². The van der Waals surface area contributed by atoms with Gasteiger partial charge in [-0.3, -0.25) is 4.68 Å². The first-order valence-corrected chi connectivity index (χ1v) is 6.96. The Hall–Kier alpha value is -0.690. The van der Waals surface area contributed by atoms with Gasteiger partial charge in [0.2, 0.25) is 0 Å². The van der Waals surface area contributed by atoms with Gasteiger partial charge in [0.25, 0.3) is 0 Å². The first kappa shape index (κ1) is 15.4. The van der Waals surface area contributed by atoms with Crippen LogP contribution in [-0.4, -0.2) is 33.0 Å². The second-order valence-electron chi connectivity index (χ2n) is 3.79. The lowest BCUT2D eigenvalue weighted by molar-refractivity contribution is -0.142. The molecule has 0 aliphatic heterocycles. The van der Waals surface area contributed by atoms with Crippen LogP contribution in [0.2, 0.25) is 0 Å². The maximum absolute atomic E-state index is 12.7. The summed E-state index contributed by atoms with van der Waals surface area (Å²) < 4.78 is 39.5. The van der Waals surface area contributed by atoms with E-state index in [2.05, 4.69) is 5.10 Å². The Balaban J connectivity index is 2.79. The molecule has 104 valence electrons. The number of aliphatic hydroxyl groups is 1. The van der Waals surface area contributed by atoms with Gasteiger partial charge in [-0.1, -0.05) is 6.92 Å². The molecule has 0 radical (unpaired) electrons. The van der Waals surface area contributed by atoms with E-state index >= 15 is 0 Å². The molecule has 3 nitrogen and oxygen atoms in total. The quantitative estimate of drug-likeness (QED) is 0.781. The second-order valence-corrected chi connectivity index (χ2v) is 5.18. The highest BCUT2D eigenvalue weighted by Crippen LogP contribution is 2.31. The molecule has 1 aromatic heterocycles. The van der Waals surface area contributed by atoms with Crippen molar-refractivity contribution in [1.29, 1.82) is 0 Å². The third-order valence-electron chi connectivity index (χ3n) is 2.38. The number of nitrogens with zero attached hydrogens (tertiary/aromatic N) is 2. The number of aromatic nitrogens is 2. The number of halogens is 3. The summed E-state index contributed by atoms with van der Waals surface area (Å²) in [6.45, 7) is 2.36. The molecule has 1 rings (SSSR count). The predicted molar refractivity (Wildman–Crippen MR) is 65.6 cm³/mol. The molecule has 1 heterocycles. The van der Waals surface area contributed by atoms with Crippen molar-refractivity contribution in [3.63, 3.8) is 0 Å². The van der Waals surface area contributed by atoms with Gasteiger partial charge in [-0.25, -0.2) is 0 Å². The summed E-state index contributed by atoms with van der Waals surface area (Å²) in [5, 5.41) is 12.3. The van der Waals surface area contributed by atoms with Crippen molar-refractivity contribution in [3.05, 3.63) is 17.5 Å². The first-order chi connectivity index (χ1) is 8.49. The van der Waals surface area contributed by atoms with Gasteiger partial charge in [-0.2, -0.15) is 30.0 Å². The Morgan fingerprint density at radius 2 is 2.17 bits per heavy atom. The lowest BCUT2D eigenvalue weighted by Crippen LogP contribution is -2.10. The number of hydrogen-bond acceptors (Lipinski definition) is 3. The van der Waals surface area contributed by atoms with Gasteiger partial charge < -0.3 is 5.11 Å². The van der Waals surface area contributed by atoms with Crippen LogP contribution in [0.15, 0.2) is 6.20 Å². The van der Waals surface area contributed by atoms with E-state index in [1.54, 1.807) is 11.8 Å². The van der Waals surface area contributed by atoms with E-state index in [9.17, 15) is 13.2 Å². The fourth-order valence-electron chi connectivity index (χ4n) is 1.57. The number of aryl methyl sites for hydroxylation is 2. The number of alkyl halides is 3. The molecule has 0 saturated heterocycles. The Morgan fingerprint density at radius 3 is 2.72 bits per heavy atom. The van der Waals surface area contributed by atoms with Crippen molar-refractivity contribution in [1.82, 2.24) is 9.78 Å². The molecule has 0 aromatic carbocycles. The highest BCUT2D eigenvalue weighted by atomic mass is 32.2. The monoisotopic (exact) mass is 282 g/mol. The lowest BCUT2D eigenvalue weighted by Gasteiger charge is -2.04. The van der Waals surface area contributed by atoms with Gasteiger partial charge in [0, 0.05) is 30.7 Å². The Bertz CT molecular complexity index is 366. The lowest BCUT2D eigenvalue weighted by atomic mass is 10.1. The van der Waals surface area contributed by atoms with Crippen molar-refractivity contribution in [2.24, 2.45) is 0 Å². The van der Waals surface area contributed by atoms with Crippen LogP contribution in [0.5, 0.6) is 0 Å². The number of hydrogen-bond donors (Lipinski definition) is 1. The van der Waals surface area contributed by atoms with Crippen LogP contribution in [0.4, 0.5) is 13.2 Å². The molecule has 1 N–H and O–H groups in total. The zero-order valence-corrected chi connectivity index (χ0v) is 11.0. The van der Waals surface area contributed by atoms with Crippen LogP contribution in [-0.2, 0) is 19.1 Å². The topological polar surface area (TPSA) is 38.0 Å². The fraction of sp³-hybridized carbons (Fsp3) is 0.727. The molecule has 0 bridgehead atoms. The van der Waals surface area contributed by atoms with Crippen LogP contribution in [0, 0.1) is 0 Å². The average Bonchev–Trinajstić information content (AvgIpc) is 2.70. The van der Waals surface area contributed by atoms with Gasteiger partial charge >= 0.3 is 6.18 Å². The van der Waals surface area contributed by atoms with Gasteiger partial charge in [-0.15, -0.1) is 0 Å². The van der Waals surface area contributed by atoms with Gasteiger partial charge in [0.15, 0.2) is 5.69 Å². The van der Waals surface area contributed by atoms with E-state index in [-0.39, 0.29) is 18.6 Å². The minimum atomic E-state index is -4.42. The largest absolute Gasteiger partial charge is 0.435 e. The van der Waals surface area contributed by atoms with Crippen molar-refractivity contribution >= 4 is 11.8 Å². The predicted octanol–water partition coefficient (Wildman–Crippen LogP) is 2.58. The van der Waals surface area contributed by atoms with Crippen molar-refractivity contribution < 1.29 is 18.3 Å². The van der Waals surface area contributed by atoms with Crippen molar-refractivity contribution in [2.45, 2.75) is 32.5 Å². The molecule has 0 aliphatic carbocycles. The molecule has 0 saturated carbocycles. The maximum atomic E-state index is 12.7. The zero-order chi connectivity index (χ0) is 13.6. The van der Waals surface area contributed by atoms with Crippen molar-refractivity contribution in [3.8, 4) is 0 Å². The highest BCUT2D eigenvalue weighted by molar-refractivity contribution is 7.99. The summed E-state index contributed by atoms with van der Waals surface area (Å²) in [5.74, 6) is 1.68. The summed E-state index contributed by atoms with van der Waals surface area (Å²) in [4.78, 5) is 0. The normalized spacial score (nSPS) is 12.1. The molecule has 0 atom stereocenters. The van der Waals surface area contributed by atoms with E-state index in [0.717, 1.165) is 11.5 Å². The van der Waals surface area contributed by atoms with E-state index in [1.165, 1.54) is 10.9 Å². The van der Waals surface area contributed by atoms with Crippen LogP contribution >= 0.6 is 11.8 Å². The summed E-state index contributed by atoms with van der Waals surface area (Å²) in [5.41, 5.74) is -0.657. The summed E-state index contributed by atoms with van der Waals surface area (Å²) in [7, 11) is 0. The molecule has 18 heavy (non-hydrogen) atoms. The van der Waals surface area contributed by atoms with Gasteiger partial charge in [-0.05, 0) is 18.6 Å².